The third-order valence-electron chi connectivity index (χ3n) is 6.36. The highest BCUT2D eigenvalue weighted by Gasteiger charge is 2.59. The van der Waals surface area contributed by atoms with Crippen LogP contribution in [0.1, 0.15) is 55.4 Å². The van der Waals surface area contributed by atoms with Gasteiger partial charge >= 0.3 is 0 Å². The SMILES string of the molecule is CC(C)(OC=O)C([Si](C)(C)C(C)(C)C)[Si](C)(C)C(C)(C)C. The van der Waals surface area contributed by atoms with Gasteiger partial charge in [-0.05, 0) is 29.1 Å². The summed E-state index contributed by atoms with van der Waals surface area (Å²) in [5.41, 5.74) is -0.395. The van der Waals surface area contributed by atoms with Crippen molar-refractivity contribution in [1.82, 2.24) is 0 Å². The molecule has 0 aliphatic rings. The van der Waals surface area contributed by atoms with Crippen LogP contribution in [0.2, 0.25) is 41.4 Å². The largest absolute Gasteiger partial charge is 0.462 e. The van der Waals surface area contributed by atoms with Gasteiger partial charge in [0.25, 0.3) is 6.47 Å². The first-order chi connectivity index (χ1) is 8.93. The van der Waals surface area contributed by atoms with E-state index in [2.05, 4.69) is 81.6 Å². The molecule has 0 rings (SSSR count). The molecule has 0 bridgehead atoms. The van der Waals surface area contributed by atoms with Gasteiger partial charge in [0.05, 0.1) is 16.1 Å². The Morgan fingerprint density at radius 2 is 1.05 bits per heavy atom. The van der Waals surface area contributed by atoms with Gasteiger partial charge in [-0.25, -0.2) is 0 Å². The van der Waals surface area contributed by atoms with Crippen LogP contribution in [-0.4, -0.2) is 28.2 Å². The average Bonchev–Trinajstić information content (AvgIpc) is 2.10. The van der Waals surface area contributed by atoms with Gasteiger partial charge in [0, 0.05) is 0 Å². The zero-order valence-electron chi connectivity index (χ0n) is 16.5. The molecule has 0 aromatic heterocycles. The Hall–Kier alpha value is -0.0962. The third kappa shape index (κ3) is 4.01. The third-order valence-corrected chi connectivity index (χ3v) is 22.7. The quantitative estimate of drug-likeness (QED) is 0.466. The summed E-state index contributed by atoms with van der Waals surface area (Å²) in [4.78, 5) is 11.1. The molecule has 21 heavy (non-hydrogen) atoms. The van der Waals surface area contributed by atoms with E-state index in [-0.39, 0.29) is 10.1 Å². The summed E-state index contributed by atoms with van der Waals surface area (Å²) in [6.45, 7) is 28.9. The van der Waals surface area contributed by atoms with Crippen LogP contribution >= 0.6 is 0 Å². The zero-order chi connectivity index (χ0) is 17.5. The van der Waals surface area contributed by atoms with E-state index in [1.165, 1.54) is 0 Å². The second kappa shape index (κ2) is 5.84. The molecule has 0 N–H and O–H groups in total. The van der Waals surface area contributed by atoms with Crippen molar-refractivity contribution in [2.45, 2.75) is 102 Å². The predicted molar refractivity (Wildman–Crippen MR) is 99.4 cm³/mol. The molecule has 0 amide bonds. The second-order valence-electron chi connectivity index (χ2n) is 10.2. The number of hydrogen-bond acceptors (Lipinski definition) is 2. The topological polar surface area (TPSA) is 26.3 Å². The first kappa shape index (κ1) is 20.9. The van der Waals surface area contributed by atoms with E-state index in [0.29, 0.717) is 11.6 Å². The number of rotatable bonds is 5. The number of carbonyl (C=O) groups is 1. The number of hydrogen-bond donors (Lipinski definition) is 0. The summed E-state index contributed by atoms with van der Waals surface area (Å²) in [5, 5.41) is 1.04. The lowest BCUT2D eigenvalue weighted by Crippen LogP contribution is -2.63. The van der Waals surface area contributed by atoms with E-state index in [4.69, 9.17) is 4.74 Å². The molecular weight excluding hydrogens is 292 g/mol. The lowest BCUT2D eigenvalue weighted by atomic mass is 10.2. The Kier molecular flexibility index (Phi) is 5.81. The standard InChI is InChI=1S/C17H38O2Si2/c1-15(2,3)20(9,10)14(17(7,8)19-13-18)21(11,12)16(4,5)6/h13-14H,1-12H3. The van der Waals surface area contributed by atoms with Gasteiger partial charge in [-0.1, -0.05) is 67.7 Å². The van der Waals surface area contributed by atoms with Crippen molar-refractivity contribution >= 4 is 22.6 Å². The average molecular weight is 331 g/mol. The monoisotopic (exact) mass is 330 g/mol. The molecule has 126 valence electrons. The van der Waals surface area contributed by atoms with Crippen molar-refractivity contribution in [2.24, 2.45) is 0 Å². The van der Waals surface area contributed by atoms with Gasteiger partial charge in [-0.2, -0.15) is 0 Å². The smallest absolute Gasteiger partial charge is 0.293 e. The summed E-state index contributed by atoms with van der Waals surface area (Å²) >= 11 is 0. The molecule has 0 spiro atoms. The summed E-state index contributed by atoms with van der Waals surface area (Å²) in [6, 6.07) is 0. The Labute approximate surface area is 135 Å². The van der Waals surface area contributed by atoms with Crippen molar-refractivity contribution in [2.75, 3.05) is 0 Å². The molecule has 4 heteroatoms. The molecule has 0 saturated carbocycles. The summed E-state index contributed by atoms with van der Waals surface area (Å²) < 4.78 is 5.64. The van der Waals surface area contributed by atoms with Crippen molar-refractivity contribution in [1.29, 1.82) is 0 Å². The maximum Gasteiger partial charge on any atom is 0.293 e. The Balaban J connectivity index is 6.26. The normalized spacial score (nSPS) is 15.3. The van der Waals surface area contributed by atoms with Crippen LogP contribution in [0.15, 0.2) is 0 Å². The minimum absolute atomic E-state index is 0.275. The number of carbonyl (C=O) groups excluding carboxylic acids is 1. The van der Waals surface area contributed by atoms with E-state index in [1.807, 2.05) is 0 Å². The first-order valence-corrected chi connectivity index (χ1v) is 14.2. The zero-order valence-corrected chi connectivity index (χ0v) is 18.5. The van der Waals surface area contributed by atoms with Crippen LogP contribution in [0.3, 0.4) is 0 Å². The highest BCUT2D eigenvalue weighted by Crippen LogP contribution is 2.58. The maximum atomic E-state index is 11.1. The molecule has 0 saturated heterocycles. The first-order valence-electron chi connectivity index (χ1n) is 8.04. The molecule has 0 aliphatic heterocycles. The van der Waals surface area contributed by atoms with Crippen molar-refractivity contribution < 1.29 is 9.53 Å². The van der Waals surface area contributed by atoms with E-state index in [1.54, 1.807) is 0 Å². The predicted octanol–water partition coefficient (Wildman–Crippen LogP) is 5.86. The van der Waals surface area contributed by atoms with Gasteiger partial charge < -0.3 is 4.74 Å². The van der Waals surface area contributed by atoms with E-state index < -0.39 is 21.7 Å². The second-order valence-corrected chi connectivity index (χ2v) is 21.8. The Morgan fingerprint density at radius 3 is 1.24 bits per heavy atom. The maximum absolute atomic E-state index is 11.1. The summed E-state index contributed by atoms with van der Waals surface area (Å²) in [5.74, 6) is 0. The van der Waals surface area contributed by atoms with Gasteiger partial charge in [0.2, 0.25) is 0 Å². The van der Waals surface area contributed by atoms with Crippen LogP contribution in [0.25, 0.3) is 0 Å². The Morgan fingerprint density at radius 1 is 0.762 bits per heavy atom. The van der Waals surface area contributed by atoms with Crippen molar-refractivity contribution in [3.63, 3.8) is 0 Å². The van der Waals surface area contributed by atoms with Crippen molar-refractivity contribution in [3.8, 4) is 0 Å². The molecule has 0 aromatic carbocycles. The van der Waals surface area contributed by atoms with Gasteiger partial charge in [0.1, 0.15) is 5.60 Å². The summed E-state index contributed by atoms with van der Waals surface area (Å²) in [7, 11) is -3.35. The molecular formula is C17H38O2Si2. The van der Waals surface area contributed by atoms with Crippen LogP contribution in [0.4, 0.5) is 0 Å². The van der Waals surface area contributed by atoms with Crippen LogP contribution in [-0.2, 0) is 9.53 Å². The molecule has 0 aromatic rings. The van der Waals surface area contributed by atoms with Gasteiger partial charge in [0.15, 0.2) is 0 Å². The molecule has 0 heterocycles. The van der Waals surface area contributed by atoms with E-state index in [0.717, 1.165) is 0 Å². The molecule has 0 unspecified atom stereocenters. The number of ether oxygens (including phenoxy) is 1. The van der Waals surface area contributed by atoms with Crippen LogP contribution in [0.5, 0.6) is 0 Å². The van der Waals surface area contributed by atoms with Gasteiger partial charge in [-0.3, -0.25) is 4.79 Å². The lowest BCUT2D eigenvalue weighted by Gasteiger charge is -2.58. The molecule has 2 nitrogen and oxygen atoms in total. The summed E-state index contributed by atoms with van der Waals surface area (Å²) in [6.07, 6.45) is 0. The van der Waals surface area contributed by atoms with Crippen LogP contribution in [0, 0.1) is 0 Å². The molecule has 0 fully saturated rings. The van der Waals surface area contributed by atoms with Crippen LogP contribution < -0.4 is 0 Å². The lowest BCUT2D eigenvalue weighted by molar-refractivity contribution is -0.139. The van der Waals surface area contributed by atoms with E-state index >= 15 is 0 Å². The molecule has 0 radical (unpaired) electrons. The Bertz CT molecular complexity index is 345. The highest BCUT2D eigenvalue weighted by molar-refractivity contribution is 7.00. The highest BCUT2D eigenvalue weighted by atomic mass is 28.4. The fourth-order valence-corrected chi connectivity index (χ4v) is 18.9. The van der Waals surface area contributed by atoms with Crippen molar-refractivity contribution in [3.05, 3.63) is 0 Å². The minimum atomic E-state index is -1.67. The van der Waals surface area contributed by atoms with Gasteiger partial charge in [-0.15, -0.1) is 0 Å². The molecule has 0 atom stereocenters. The minimum Gasteiger partial charge on any atom is -0.462 e. The van der Waals surface area contributed by atoms with E-state index in [9.17, 15) is 4.79 Å². The molecule has 0 aliphatic carbocycles. The fraction of sp³-hybridized carbons (Fsp3) is 0.941. The fourth-order valence-electron chi connectivity index (χ4n) is 3.70.